The van der Waals surface area contributed by atoms with Gasteiger partial charge in [0.2, 0.25) is 0 Å². The molecule has 1 N–H and O–H groups in total. The third kappa shape index (κ3) is 3.50. The monoisotopic (exact) mass is 444 g/mol. The van der Waals surface area contributed by atoms with Gasteiger partial charge in [-0.25, -0.2) is 4.68 Å². The van der Waals surface area contributed by atoms with E-state index < -0.39 is 0 Å². The molecule has 0 unspecified atom stereocenters. The van der Waals surface area contributed by atoms with Crippen molar-refractivity contribution < 1.29 is 0 Å². The van der Waals surface area contributed by atoms with Gasteiger partial charge in [0.25, 0.3) is 5.56 Å². The Morgan fingerprint density at radius 2 is 1.83 bits per heavy atom. The lowest BCUT2D eigenvalue weighted by molar-refractivity contribution is 0.630. The number of hydrazone groups is 1. The van der Waals surface area contributed by atoms with Crippen LogP contribution in [-0.4, -0.2) is 37.6 Å². The molecule has 4 rings (SSSR count). The summed E-state index contributed by atoms with van der Waals surface area (Å²) in [5, 5.41) is 5.30. The van der Waals surface area contributed by atoms with Gasteiger partial charge in [-0.1, -0.05) is 30.0 Å². The number of rotatable bonds is 3. The van der Waals surface area contributed by atoms with Crippen molar-refractivity contribution >= 4 is 35.0 Å². The molecule has 0 radical (unpaired) electrons. The van der Waals surface area contributed by atoms with Gasteiger partial charge in [0.05, 0.1) is 17.1 Å². The number of benzene rings is 1. The van der Waals surface area contributed by atoms with Crippen molar-refractivity contribution in [2.24, 2.45) is 17.1 Å². The minimum Gasteiger partial charge on any atom is -0.311 e. The summed E-state index contributed by atoms with van der Waals surface area (Å²) >= 11 is 1.62. The third-order valence-electron chi connectivity index (χ3n) is 5.32. The van der Waals surface area contributed by atoms with E-state index in [0.717, 1.165) is 45.0 Å². The second-order valence-electron chi connectivity index (χ2n) is 7.02. The van der Waals surface area contributed by atoms with Crippen LogP contribution < -0.4 is 11.0 Å². The predicted octanol–water partition coefficient (Wildman–Crippen LogP) is 3.34. The number of amidine groups is 1. The Morgan fingerprint density at radius 3 is 2.43 bits per heavy atom. The largest absolute Gasteiger partial charge is 0.311 e. The van der Waals surface area contributed by atoms with Gasteiger partial charge in [-0.3, -0.25) is 19.9 Å². The highest BCUT2D eigenvalue weighted by atomic mass is 35.5. The molecule has 7 nitrogen and oxygen atoms in total. The summed E-state index contributed by atoms with van der Waals surface area (Å²) in [7, 11) is 3.66. The van der Waals surface area contributed by atoms with Crippen LogP contribution in [0.4, 0.5) is 0 Å². The van der Waals surface area contributed by atoms with Crippen LogP contribution in [0.1, 0.15) is 22.6 Å². The number of para-hydroxylation sites is 1. The van der Waals surface area contributed by atoms with E-state index in [2.05, 4.69) is 21.6 Å². The van der Waals surface area contributed by atoms with Gasteiger partial charge in [-0.2, -0.15) is 5.10 Å². The summed E-state index contributed by atoms with van der Waals surface area (Å²) in [6.07, 6.45) is 0. The first kappa shape index (κ1) is 22.0. The third-order valence-corrected chi connectivity index (χ3v) is 6.29. The molecule has 9 heteroatoms. The van der Waals surface area contributed by atoms with E-state index in [1.54, 1.807) is 23.5 Å². The minimum atomic E-state index is -0.0389. The van der Waals surface area contributed by atoms with Crippen molar-refractivity contribution in [2.45, 2.75) is 20.8 Å². The number of hydrogen-bond donors (Lipinski definition) is 1. The zero-order valence-electron chi connectivity index (χ0n) is 17.6. The normalized spacial score (nSPS) is 15.0. The maximum Gasteiger partial charge on any atom is 0.295 e. The smallest absolute Gasteiger partial charge is 0.295 e. The fraction of sp³-hybridized carbons (Fsp3) is 0.286. The molecule has 0 bridgehead atoms. The second-order valence-corrected chi connectivity index (χ2v) is 7.98. The number of nitrogens with zero attached hydrogens (tertiary/aromatic N) is 5. The quantitative estimate of drug-likeness (QED) is 0.673. The summed E-state index contributed by atoms with van der Waals surface area (Å²) in [6.45, 7) is 6.05. The Hall–Kier alpha value is -2.71. The van der Waals surface area contributed by atoms with Crippen LogP contribution in [0.15, 0.2) is 51.3 Å². The second kappa shape index (κ2) is 8.57. The van der Waals surface area contributed by atoms with Gasteiger partial charge in [-0.05, 0) is 39.0 Å². The van der Waals surface area contributed by atoms with Crippen LogP contribution in [0, 0.1) is 20.8 Å². The van der Waals surface area contributed by atoms with Crippen molar-refractivity contribution in [3.63, 3.8) is 0 Å². The number of aryl methyl sites for hydroxylation is 1. The van der Waals surface area contributed by atoms with Crippen LogP contribution in [0.3, 0.4) is 0 Å². The summed E-state index contributed by atoms with van der Waals surface area (Å²) in [5.41, 5.74) is 9.40. The Balaban J connectivity index is 0.00000256. The molecule has 0 amide bonds. The molecule has 1 aliphatic rings. The number of thioether (sulfide) groups is 1. The first-order chi connectivity index (χ1) is 13.9. The molecule has 1 aliphatic heterocycles. The van der Waals surface area contributed by atoms with Crippen LogP contribution >= 0.6 is 24.2 Å². The summed E-state index contributed by atoms with van der Waals surface area (Å²) in [4.78, 5) is 17.6. The SMILES string of the molecule is CN=C1NN=C(c2cc(C)n(-c3c(C)n(C)n(-c4ccccc4)c3=O)c2C)CS1.Cl. The Bertz CT molecular complexity index is 1200. The number of halogens is 1. The fourth-order valence-corrected chi connectivity index (χ4v) is 4.51. The summed E-state index contributed by atoms with van der Waals surface area (Å²) in [5.74, 6) is 0.742. The van der Waals surface area contributed by atoms with Gasteiger partial charge >= 0.3 is 0 Å². The average Bonchev–Trinajstić information content (AvgIpc) is 3.14. The lowest BCUT2D eigenvalue weighted by atomic mass is 10.1. The molecule has 2 aromatic heterocycles. The maximum absolute atomic E-state index is 13.4. The number of aliphatic imine (C=N–C) groups is 1. The van der Waals surface area contributed by atoms with Crippen LogP contribution in [0.2, 0.25) is 0 Å². The van der Waals surface area contributed by atoms with Crippen LogP contribution in [0.5, 0.6) is 0 Å². The Kier molecular flexibility index (Phi) is 6.28. The highest BCUT2D eigenvalue weighted by molar-refractivity contribution is 8.14. The number of aromatic nitrogens is 3. The van der Waals surface area contributed by atoms with Gasteiger partial charge in [-0.15, -0.1) is 12.4 Å². The molecule has 3 aromatic rings. The van der Waals surface area contributed by atoms with Crippen molar-refractivity contribution in [1.29, 1.82) is 0 Å². The highest BCUT2D eigenvalue weighted by Gasteiger charge is 2.24. The predicted molar refractivity (Wildman–Crippen MR) is 127 cm³/mol. The fourth-order valence-electron chi connectivity index (χ4n) is 3.78. The average molecular weight is 445 g/mol. The summed E-state index contributed by atoms with van der Waals surface area (Å²) < 4.78 is 5.66. The first-order valence-electron chi connectivity index (χ1n) is 9.40. The first-order valence-corrected chi connectivity index (χ1v) is 10.4. The van der Waals surface area contributed by atoms with E-state index in [-0.39, 0.29) is 18.0 Å². The van der Waals surface area contributed by atoms with Gasteiger partial charge in [0.1, 0.15) is 5.69 Å². The molecular formula is C21H25ClN6OS. The van der Waals surface area contributed by atoms with Gasteiger partial charge in [0, 0.05) is 36.8 Å². The van der Waals surface area contributed by atoms with Crippen molar-refractivity contribution in [2.75, 3.05) is 12.8 Å². The number of hydrogen-bond acceptors (Lipinski definition) is 4. The molecule has 3 heterocycles. The minimum absolute atomic E-state index is 0. The lowest BCUT2D eigenvalue weighted by Gasteiger charge is -2.14. The van der Waals surface area contributed by atoms with E-state index in [1.807, 2.05) is 67.4 Å². The molecule has 0 aliphatic carbocycles. The van der Waals surface area contributed by atoms with Crippen LogP contribution in [-0.2, 0) is 7.05 Å². The molecule has 0 spiro atoms. The van der Waals surface area contributed by atoms with E-state index in [1.165, 1.54) is 0 Å². The Morgan fingerprint density at radius 1 is 1.13 bits per heavy atom. The standard InChI is InChI=1S/C21H24N6OS.ClH/c1-13-11-17(18-12-29-21(22-4)24-23-18)14(2)26(13)19-15(3)25(5)27(20(19)28)16-9-7-6-8-10-16;/h6-11H,12H2,1-5H3,(H,22,24);1H. The van der Waals surface area contributed by atoms with Gasteiger partial charge in [0.15, 0.2) is 5.17 Å². The molecule has 1 aromatic carbocycles. The molecule has 0 saturated heterocycles. The van der Waals surface area contributed by atoms with Crippen molar-refractivity contribution in [3.05, 3.63) is 69.4 Å². The van der Waals surface area contributed by atoms with Crippen LogP contribution in [0.25, 0.3) is 11.4 Å². The summed E-state index contributed by atoms with van der Waals surface area (Å²) in [6, 6.07) is 11.8. The lowest BCUT2D eigenvalue weighted by Crippen LogP contribution is -2.25. The number of nitrogens with one attached hydrogen (secondary N) is 1. The molecule has 0 fully saturated rings. The zero-order valence-corrected chi connectivity index (χ0v) is 19.3. The molecule has 158 valence electrons. The van der Waals surface area contributed by atoms with Crippen molar-refractivity contribution in [3.8, 4) is 11.4 Å². The maximum atomic E-state index is 13.4. The Labute approximate surface area is 185 Å². The highest BCUT2D eigenvalue weighted by Crippen LogP contribution is 2.25. The molecule has 30 heavy (non-hydrogen) atoms. The molecular weight excluding hydrogens is 420 g/mol. The topological polar surface area (TPSA) is 68.6 Å². The van der Waals surface area contributed by atoms with E-state index in [4.69, 9.17) is 0 Å². The van der Waals surface area contributed by atoms with Crippen molar-refractivity contribution in [1.82, 2.24) is 19.4 Å². The van der Waals surface area contributed by atoms with E-state index in [9.17, 15) is 4.79 Å². The zero-order chi connectivity index (χ0) is 20.7. The van der Waals surface area contributed by atoms with Gasteiger partial charge < -0.3 is 4.57 Å². The molecule has 0 saturated carbocycles. The van der Waals surface area contributed by atoms with E-state index >= 15 is 0 Å². The molecule has 0 atom stereocenters. The van der Waals surface area contributed by atoms with E-state index in [0.29, 0.717) is 5.69 Å².